The average molecular weight is 236 g/mol. The van der Waals surface area contributed by atoms with E-state index in [-0.39, 0.29) is 0 Å². The molecule has 0 bridgehead atoms. The summed E-state index contributed by atoms with van der Waals surface area (Å²) in [5.74, 6) is 0. The number of aryl methyl sites for hydroxylation is 2. The highest BCUT2D eigenvalue weighted by molar-refractivity contribution is 6.31. The number of aromatic nitrogens is 2. The van der Waals surface area contributed by atoms with Gasteiger partial charge in [0.25, 0.3) is 0 Å². The van der Waals surface area contributed by atoms with Gasteiger partial charge in [0.15, 0.2) is 0 Å². The lowest BCUT2D eigenvalue weighted by atomic mass is 10.2. The zero-order chi connectivity index (χ0) is 11.7. The molecule has 0 atom stereocenters. The second-order valence-corrected chi connectivity index (χ2v) is 4.23. The van der Waals surface area contributed by atoms with Crippen molar-refractivity contribution in [3.63, 3.8) is 0 Å². The molecule has 0 spiro atoms. The highest BCUT2D eigenvalue weighted by Crippen LogP contribution is 2.19. The fraction of sp³-hybridized carbons (Fsp3) is 0.250. The van der Waals surface area contributed by atoms with Crippen molar-refractivity contribution in [2.75, 3.05) is 0 Å². The number of hydrogen-bond acceptors (Lipinski definition) is 2. The van der Waals surface area contributed by atoms with Crippen LogP contribution in [0, 0.1) is 13.8 Å². The minimum atomic E-state index is 0.505. The molecule has 0 fully saturated rings. The van der Waals surface area contributed by atoms with E-state index in [4.69, 9.17) is 17.3 Å². The van der Waals surface area contributed by atoms with Crippen molar-refractivity contribution >= 4 is 11.6 Å². The fourth-order valence-corrected chi connectivity index (χ4v) is 1.73. The topological polar surface area (TPSA) is 43.8 Å². The zero-order valence-electron chi connectivity index (χ0n) is 9.37. The van der Waals surface area contributed by atoms with Crippen LogP contribution in [0.25, 0.3) is 5.69 Å². The Morgan fingerprint density at radius 3 is 2.69 bits per heavy atom. The molecule has 84 valence electrons. The highest BCUT2D eigenvalue weighted by Gasteiger charge is 2.05. The van der Waals surface area contributed by atoms with Crippen LogP contribution < -0.4 is 5.73 Å². The molecule has 2 aromatic rings. The predicted molar refractivity (Wildman–Crippen MR) is 65.9 cm³/mol. The van der Waals surface area contributed by atoms with Crippen LogP contribution >= 0.6 is 11.6 Å². The van der Waals surface area contributed by atoms with E-state index in [0.717, 1.165) is 27.5 Å². The van der Waals surface area contributed by atoms with Gasteiger partial charge in [0.2, 0.25) is 0 Å². The molecule has 1 aromatic carbocycles. The molecule has 0 saturated carbocycles. The van der Waals surface area contributed by atoms with E-state index in [1.165, 1.54) is 0 Å². The summed E-state index contributed by atoms with van der Waals surface area (Å²) in [4.78, 5) is 0. The maximum Gasteiger partial charge on any atom is 0.0660 e. The van der Waals surface area contributed by atoms with Gasteiger partial charge in [-0.05, 0) is 31.5 Å². The van der Waals surface area contributed by atoms with Crippen molar-refractivity contribution < 1.29 is 0 Å². The number of nitrogens with two attached hydrogens (primary N) is 1. The third-order valence-electron chi connectivity index (χ3n) is 2.64. The third-order valence-corrected chi connectivity index (χ3v) is 3.05. The largest absolute Gasteiger partial charge is 0.326 e. The number of halogens is 1. The first kappa shape index (κ1) is 11.2. The van der Waals surface area contributed by atoms with Crippen molar-refractivity contribution in [3.05, 3.63) is 46.2 Å². The molecule has 1 heterocycles. The Labute approximate surface area is 99.8 Å². The Kier molecular flexibility index (Phi) is 2.99. The SMILES string of the molecule is Cc1ccc(-n2cc(CN)c(C)n2)cc1Cl. The Morgan fingerprint density at radius 2 is 2.12 bits per heavy atom. The first-order valence-corrected chi connectivity index (χ1v) is 5.51. The summed E-state index contributed by atoms with van der Waals surface area (Å²) in [6.45, 7) is 4.44. The molecular weight excluding hydrogens is 222 g/mol. The van der Waals surface area contributed by atoms with Gasteiger partial charge in [-0.15, -0.1) is 0 Å². The number of hydrogen-bond donors (Lipinski definition) is 1. The van der Waals surface area contributed by atoms with Crippen molar-refractivity contribution in [3.8, 4) is 5.69 Å². The van der Waals surface area contributed by atoms with Gasteiger partial charge in [-0.25, -0.2) is 4.68 Å². The third kappa shape index (κ3) is 1.96. The molecule has 0 saturated heterocycles. The van der Waals surface area contributed by atoms with E-state index in [9.17, 15) is 0 Å². The Balaban J connectivity index is 2.46. The monoisotopic (exact) mass is 235 g/mol. The lowest BCUT2D eigenvalue weighted by Crippen LogP contribution is -1.96. The van der Waals surface area contributed by atoms with Gasteiger partial charge < -0.3 is 5.73 Å². The van der Waals surface area contributed by atoms with E-state index in [2.05, 4.69) is 5.10 Å². The lowest BCUT2D eigenvalue weighted by molar-refractivity contribution is 0.862. The van der Waals surface area contributed by atoms with Gasteiger partial charge in [0, 0.05) is 23.3 Å². The summed E-state index contributed by atoms with van der Waals surface area (Å²) >= 11 is 6.08. The number of rotatable bonds is 2. The molecule has 3 nitrogen and oxygen atoms in total. The second kappa shape index (κ2) is 4.28. The van der Waals surface area contributed by atoms with Crippen molar-refractivity contribution in [2.45, 2.75) is 20.4 Å². The molecule has 4 heteroatoms. The molecule has 0 amide bonds. The summed E-state index contributed by atoms with van der Waals surface area (Å²) in [6, 6.07) is 5.88. The van der Waals surface area contributed by atoms with Crippen molar-refractivity contribution in [2.24, 2.45) is 5.73 Å². The molecule has 0 aliphatic carbocycles. The minimum Gasteiger partial charge on any atom is -0.326 e. The van der Waals surface area contributed by atoms with Crippen LogP contribution in [0.3, 0.4) is 0 Å². The van der Waals surface area contributed by atoms with E-state index in [1.807, 2.05) is 42.9 Å². The number of benzene rings is 1. The maximum absolute atomic E-state index is 6.08. The molecule has 0 aliphatic rings. The molecule has 0 aliphatic heterocycles. The first-order valence-electron chi connectivity index (χ1n) is 5.13. The summed E-state index contributed by atoms with van der Waals surface area (Å²) in [6.07, 6.45) is 1.94. The van der Waals surface area contributed by atoms with Gasteiger partial charge in [0.1, 0.15) is 0 Å². The Hall–Kier alpha value is -1.32. The zero-order valence-corrected chi connectivity index (χ0v) is 10.1. The van der Waals surface area contributed by atoms with E-state index >= 15 is 0 Å². The average Bonchev–Trinajstić information content (AvgIpc) is 2.64. The Morgan fingerprint density at radius 1 is 1.38 bits per heavy atom. The van der Waals surface area contributed by atoms with E-state index < -0.39 is 0 Å². The highest BCUT2D eigenvalue weighted by atomic mass is 35.5. The van der Waals surface area contributed by atoms with Crippen LogP contribution in [0.5, 0.6) is 0 Å². The number of nitrogens with zero attached hydrogens (tertiary/aromatic N) is 2. The van der Waals surface area contributed by atoms with Gasteiger partial charge in [-0.2, -0.15) is 5.10 Å². The van der Waals surface area contributed by atoms with Gasteiger partial charge >= 0.3 is 0 Å². The van der Waals surface area contributed by atoms with Crippen molar-refractivity contribution in [1.29, 1.82) is 0 Å². The normalized spacial score (nSPS) is 10.8. The summed E-state index contributed by atoms with van der Waals surface area (Å²) in [7, 11) is 0. The quantitative estimate of drug-likeness (QED) is 0.870. The molecule has 0 radical (unpaired) electrons. The first-order chi connectivity index (χ1) is 7.61. The molecule has 16 heavy (non-hydrogen) atoms. The van der Waals surface area contributed by atoms with E-state index in [0.29, 0.717) is 6.54 Å². The smallest absolute Gasteiger partial charge is 0.0660 e. The van der Waals surface area contributed by atoms with Crippen LogP contribution in [-0.2, 0) is 6.54 Å². The van der Waals surface area contributed by atoms with Crippen LogP contribution in [0.15, 0.2) is 24.4 Å². The summed E-state index contributed by atoms with van der Waals surface area (Å²) < 4.78 is 1.81. The Bertz CT molecular complexity index is 517. The van der Waals surface area contributed by atoms with E-state index in [1.54, 1.807) is 0 Å². The molecule has 1 aromatic heterocycles. The lowest BCUT2D eigenvalue weighted by Gasteiger charge is -2.03. The molecule has 2 N–H and O–H groups in total. The fourth-order valence-electron chi connectivity index (χ4n) is 1.55. The van der Waals surface area contributed by atoms with Crippen LogP contribution in [0.1, 0.15) is 16.8 Å². The maximum atomic E-state index is 6.08. The van der Waals surface area contributed by atoms with Gasteiger partial charge in [-0.1, -0.05) is 17.7 Å². The van der Waals surface area contributed by atoms with Gasteiger partial charge in [0.05, 0.1) is 11.4 Å². The molecular formula is C12H14ClN3. The molecule has 2 rings (SSSR count). The summed E-state index contributed by atoms with van der Waals surface area (Å²) in [5.41, 5.74) is 9.65. The predicted octanol–water partition coefficient (Wildman–Crippen LogP) is 2.60. The summed E-state index contributed by atoms with van der Waals surface area (Å²) in [5, 5.41) is 5.15. The minimum absolute atomic E-state index is 0.505. The van der Waals surface area contributed by atoms with Crippen LogP contribution in [0.4, 0.5) is 0 Å². The molecule has 0 unspecified atom stereocenters. The van der Waals surface area contributed by atoms with Crippen molar-refractivity contribution in [1.82, 2.24) is 9.78 Å². The standard InChI is InChI=1S/C12H14ClN3/c1-8-3-4-11(5-12(8)13)16-7-10(6-14)9(2)15-16/h3-5,7H,6,14H2,1-2H3. The van der Waals surface area contributed by atoms with Gasteiger partial charge in [-0.3, -0.25) is 0 Å². The van der Waals surface area contributed by atoms with Crippen LogP contribution in [-0.4, -0.2) is 9.78 Å². The second-order valence-electron chi connectivity index (χ2n) is 3.82. The van der Waals surface area contributed by atoms with Crippen LogP contribution in [0.2, 0.25) is 5.02 Å².